The average Bonchev–Trinajstić information content (AvgIpc) is 2.79. The maximum absolute atomic E-state index is 5.09. The van der Waals surface area contributed by atoms with Gasteiger partial charge in [-0.3, -0.25) is 0 Å². The molecule has 2 unspecified atom stereocenters. The third-order valence-electron chi connectivity index (χ3n) is 5.58. The van der Waals surface area contributed by atoms with Crippen LogP contribution >= 0.6 is 0 Å². The molecule has 1 aliphatic carbocycles. The number of rotatable bonds is 4. The van der Waals surface area contributed by atoms with Crippen molar-refractivity contribution in [3.8, 4) is 11.1 Å². The number of nitrogens with one attached hydrogen (secondary N) is 2. The third kappa shape index (κ3) is 3.67. The normalized spacial score (nSPS) is 19.9. The van der Waals surface area contributed by atoms with Crippen LogP contribution in [-0.4, -0.2) is 12.0 Å². The van der Waals surface area contributed by atoms with Gasteiger partial charge in [0.1, 0.15) is 0 Å². The fourth-order valence-electron chi connectivity index (χ4n) is 4.12. The number of allylic oxidation sites excluding steroid dienone is 4. The van der Waals surface area contributed by atoms with Gasteiger partial charge in [-0.2, -0.15) is 0 Å². The molecule has 1 heterocycles. The van der Waals surface area contributed by atoms with Crippen molar-refractivity contribution in [2.24, 2.45) is 10.9 Å². The molecule has 0 saturated heterocycles. The Morgan fingerprint density at radius 2 is 1.60 bits per heavy atom. The molecule has 2 atom stereocenters. The maximum Gasteiger partial charge on any atom is 0.194 e. The van der Waals surface area contributed by atoms with Gasteiger partial charge in [-0.15, -0.1) is 0 Å². The van der Waals surface area contributed by atoms with E-state index in [-0.39, 0.29) is 6.29 Å². The minimum atomic E-state index is -0.244. The molecule has 2 aliphatic rings. The van der Waals surface area contributed by atoms with Crippen molar-refractivity contribution in [2.45, 2.75) is 19.6 Å². The van der Waals surface area contributed by atoms with Crippen LogP contribution in [0.4, 0.5) is 11.4 Å². The van der Waals surface area contributed by atoms with Crippen LogP contribution in [0, 0.1) is 5.92 Å². The Morgan fingerprint density at radius 1 is 0.867 bits per heavy atom. The summed E-state index contributed by atoms with van der Waals surface area (Å²) in [5.74, 6) is 0.528. The van der Waals surface area contributed by atoms with Crippen LogP contribution in [0.25, 0.3) is 11.1 Å². The highest BCUT2D eigenvalue weighted by Crippen LogP contribution is 2.32. The lowest BCUT2D eigenvalue weighted by Gasteiger charge is -2.29. The van der Waals surface area contributed by atoms with E-state index in [1.807, 2.05) is 6.07 Å². The van der Waals surface area contributed by atoms with Crippen molar-refractivity contribution >= 4 is 17.1 Å². The Balaban J connectivity index is 1.52. The van der Waals surface area contributed by atoms with Crippen molar-refractivity contribution in [2.75, 3.05) is 10.6 Å². The van der Waals surface area contributed by atoms with E-state index in [0.717, 1.165) is 29.1 Å². The molecular formula is C27H25N3. The molecule has 3 nitrogen and oxygen atoms in total. The van der Waals surface area contributed by atoms with Crippen molar-refractivity contribution in [1.82, 2.24) is 0 Å². The van der Waals surface area contributed by atoms with Gasteiger partial charge in [0.25, 0.3) is 0 Å². The second kappa shape index (κ2) is 8.03. The van der Waals surface area contributed by atoms with Gasteiger partial charge in [0.2, 0.25) is 0 Å². The van der Waals surface area contributed by atoms with Crippen LogP contribution in [0.1, 0.15) is 18.9 Å². The summed E-state index contributed by atoms with van der Waals surface area (Å²) in [5.41, 5.74) is 7.91. The van der Waals surface area contributed by atoms with Crippen LogP contribution in [0.2, 0.25) is 0 Å². The van der Waals surface area contributed by atoms with E-state index in [4.69, 9.17) is 4.99 Å². The molecule has 1 aliphatic heterocycles. The summed E-state index contributed by atoms with van der Waals surface area (Å²) in [6.07, 6.45) is 7.63. The lowest BCUT2D eigenvalue weighted by atomic mass is 9.91. The van der Waals surface area contributed by atoms with Gasteiger partial charge in [-0.05, 0) is 35.6 Å². The summed E-state index contributed by atoms with van der Waals surface area (Å²) in [7, 11) is 0. The van der Waals surface area contributed by atoms with Gasteiger partial charge in [0.05, 0.1) is 5.71 Å². The summed E-state index contributed by atoms with van der Waals surface area (Å²) in [5, 5.41) is 7.17. The number of fused-ring (bicyclic) bond motifs is 1. The molecule has 0 amide bonds. The van der Waals surface area contributed by atoms with E-state index in [1.54, 1.807) is 0 Å². The minimum Gasteiger partial charge on any atom is -0.346 e. The molecule has 3 aromatic carbocycles. The molecule has 3 aromatic rings. The third-order valence-corrected chi connectivity index (χ3v) is 5.58. The van der Waals surface area contributed by atoms with E-state index in [2.05, 4.69) is 109 Å². The number of hydrogen-bond acceptors (Lipinski definition) is 3. The first-order chi connectivity index (χ1) is 14.8. The van der Waals surface area contributed by atoms with Gasteiger partial charge in [0.15, 0.2) is 6.29 Å². The quantitative estimate of drug-likeness (QED) is 0.533. The molecule has 30 heavy (non-hydrogen) atoms. The molecule has 5 rings (SSSR count). The maximum atomic E-state index is 5.09. The van der Waals surface area contributed by atoms with E-state index >= 15 is 0 Å². The first-order valence-corrected chi connectivity index (χ1v) is 10.5. The lowest BCUT2D eigenvalue weighted by molar-refractivity contribution is 0.733. The fraction of sp³-hybridized carbons (Fsp3) is 0.148. The number of aliphatic imine (C=N–C) groups is 1. The predicted molar refractivity (Wildman–Crippen MR) is 127 cm³/mol. The van der Waals surface area contributed by atoms with E-state index in [0.29, 0.717) is 5.92 Å². The SMILES string of the molecule is CC1C=C(C2=NC(Nc3ccccc3-c3ccccc3)Nc3ccccc32)C=CC1. The summed E-state index contributed by atoms with van der Waals surface area (Å²) < 4.78 is 0. The van der Waals surface area contributed by atoms with Gasteiger partial charge < -0.3 is 10.6 Å². The molecule has 3 heteroatoms. The van der Waals surface area contributed by atoms with Gasteiger partial charge in [-0.1, -0.05) is 91.9 Å². The zero-order chi connectivity index (χ0) is 20.3. The number of benzene rings is 3. The Labute approximate surface area is 177 Å². The standard InChI is InChI=1S/C27H25N3/c1-19-10-9-13-21(18-19)26-23-15-6-8-17-25(23)29-27(30-26)28-24-16-7-5-14-22(24)20-11-3-2-4-12-20/h2-9,11-19,27-29H,10H2,1H3. The minimum absolute atomic E-state index is 0.244. The van der Waals surface area contributed by atoms with Gasteiger partial charge in [0, 0.05) is 22.5 Å². The van der Waals surface area contributed by atoms with Gasteiger partial charge in [-0.25, -0.2) is 4.99 Å². The predicted octanol–water partition coefficient (Wildman–Crippen LogP) is 6.49. The smallest absolute Gasteiger partial charge is 0.194 e. The van der Waals surface area contributed by atoms with E-state index in [1.165, 1.54) is 16.7 Å². The number of nitrogens with zero attached hydrogens (tertiary/aromatic N) is 1. The summed E-state index contributed by atoms with van der Waals surface area (Å²) >= 11 is 0. The fourth-order valence-corrected chi connectivity index (χ4v) is 4.12. The molecule has 0 spiro atoms. The topological polar surface area (TPSA) is 36.4 Å². The van der Waals surface area contributed by atoms with Crippen LogP contribution in [0.5, 0.6) is 0 Å². The zero-order valence-electron chi connectivity index (χ0n) is 17.0. The van der Waals surface area contributed by atoms with Crippen molar-refractivity contribution in [3.05, 3.63) is 108 Å². The van der Waals surface area contributed by atoms with Crippen molar-refractivity contribution in [1.29, 1.82) is 0 Å². The van der Waals surface area contributed by atoms with E-state index in [9.17, 15) is 0 Å². The molecule has 2 N–H and O–H groups in total. The average molecular weight is 392 g/mol. The zero-order valence-corrected chi connectivity index (χ0v) is 17.0. The lowest BCUT2D eigenvalue weighted by Crippen LogP contribution is -2.33. The monoisotopic (exact) mass is 391 g/mol. The highest BCUT2D eigenvalue weighted by Gasteiger charge is 2.23. The molecular weight excluding hydrogens is 366 g/mol. The largest absolute Gasteiger partial charge is 0.346 e. The Kier molecular flexibility index (Phi) is 4.94. The Morgan fingerprint density at radius 3 is 2.43 bits per heavy atom. The molecule has 0 aromatic heterocycles. The first-order valence-electron chi connectivity index (χ1n) is 10.5. The van der Waals surface area contributed by atoms with Crippen LogP contribution < -0.4 is 10.6 Å². The molecule has 0 bridgehead atoms. The highest BCUT2D eigenvalue weighted by molar-refractivity contribution is 6.18. The molecule has 0 radical (unpaired) electrons. The second-order valence-corrected chi connectivity index (χ2v) is 7.86. The number of hydrogen-bond donors (Lipinski definition) is 2. The van der Waals surface area contributed by atoms with E-state index < -0.39 is 0 Å². The molecule has 0 saturated carbocycles. The second-order valence-electron chi connectivity index (χ2n) is 7.86. The number of para-hydroxylation sites is 2. The highest BCUT2D eigenvalue weighted by atomic mass is 15.3. The summed E-state index contributed by atoms with van der Waals surface area (Å²) in [4.78, 5) is 5.09. The van der Waals surface area contributed by atoms with Crippen molar-refractivity contribution in [3.63, 3.8) is 0 Å². The van der Waals surface area contributed by atoms with Crippen LogP contribution in [0.3, 0.4) is 0 Å². The molecule has 148 valence electrons. The summed E-state index contributed by atoms with van der Waals surface area (Å²) in [6, 6.07) is 27.3. The van der Waals surface area contributed by atoms with Gasteiger partial charge >= 0.3 is 0 Å². The number of anilines is 2. The molecule has 0 fully saturated rings. The van der Waals surface area contributed by atoms with Crippen LogP contribution in [-0.2, 0) is 0 Å². The Bertz CT molecular complexity index is 1140. The Hall–Kier alpha value is -3.59. The summed E-state index contributed by atoms with van der Waals surface area (Å²) in [6.45, 7) is 2.25. The van der Waals surface area contributed by atoms with Crippen molar-refractivity contribution < 1.29 is 0 Å². The van der Waals surface area contributed by atoms with Crippen LogP contribution in [0.15, 0.2) is 108 Å². The first kappa shape index (κ1) is 18.4.